The summed E-state index contributed by atoms with van der Waals surface area (Å²) in [6.07, 6.45) is 4.74. The van der Waals surface area contributed by atoms with Crippen molar-refractivity contribution in [1.82, 2.24) is 9.62 Å². The molecule has 4 rings (SSSR count). The van der Waals surface area contributed by atoms with Gasteiger partial charge in [-0.15, -0.1) is 0 Å². The fraction of sp³-hybridized carbons (Fsp3) is 0.419. The number of halogens is 1. The van der Waals surface area contributed by atoms with E-state index in [9.17, 15) is 17.6 Å². The van der Waals surface area contributed by atoms with E-state index in [1.54, 1.807) is 26.1 Å². The number of furan rings is 1. The molecule has 2 heterocycles. The Bertz CT molecular complexity index is 1640. The van der Waals surface area contributed by atoms with Gasteiger partial charge in [0.1, 0.15) is 22.1 Å². The van der Waals surface area contributed by atoms with Crippen molar-refractivity contribution in [3.8, 4) is 11.3 Å². The number of nitrogens with two attached hydrogens (primary N) is 1. The highest BCUT2D eigenvalue weighted by Crippen LogP contribution is 2.42. The normalized spacial score (nSPS) is 17.1. The molecule has 43 heavy (non-hydrogen) atoms. The maximum Gasteiger partial charge on any atom is 0.255 e. The molecule has 1 aliphatic heterocycles. The average molecular weight is 630 g/mol. The van der Waals surface area contributed by atoms with Gasteiger partial charge < -0.3 is 19.8 Å². The van der Waals surface area contributed by atoms with E-state index in [0.717, 1.165) is 17.7 Å². The molecule has 3 N–H and O–H groups in total. The van der Waals surface area contributed by atoms with Gasteiger partial charge in [0.2, 0.25) is 10.0 Å². The average Bonchev–Trinajstić information content (AvgIpc) is 3.36. The molecular weight excluding hydrogens is 590 g/mol. The zero-order valence-electron chi connectivity index (χ0n) is 25.5. The molecule has 0 saturated carbocycles. The molecule has 1 saturated heterocycles. The summed E-state index contributed by atoms with van der Waals surface area (Å²) < 4.78 is 51.1. The molecule has 1 aromatic heterocycles. The molecule has 9 nitrogen and oxygen atoms in total. The van der Waals surface area contributed by atoms with Gasteiger partial charge in [0.25, 0.3) is 5.91 Å². The smallest absolute Gasteiger partial charge is 0.255 e. The second-order valence-electron chi connectivity index (χ2n) is 11.1. The summed E-state index contributed by atoms with van der Waals surface area (Å²) >= 11 is 1.51. The first-order valence-corrected chi connectivity index (χ1v) is 16.8. The van der Waals surface area contributed by atoms with E-state index in [-0.39, 0.29) is 34.9 Å². The largest absolute Gasteiger partial charge is 0.455 e. The topological polar surface area (TPSA) is 121 Å². The summed E-state index contributed by atoms with van der Waals surface area (Å²) in [4.78, 5) is 17.5. The molecule has 12 heteroatoms. The van der Waals surface area contributed by atoms with E-state index < -0.39 is 15.8 Å². The van der Waals surface area contributed by atoms with Crippen molar-refractivity contribution in [1.29, 1.82) is 0 Å². The number of carbonyl (C=O) groups is 1. The summed E-state index contributed by atoms with van der Waals surface area (Å²) in [6, 6.07) is 9.63. The molecule has 3 aromatic rings. The van der Waals surface area contributed by atoms with Crippen molar-refractivity contribution >= 4 is 50.7 Å². The lowest BCUT2D eigenvalue weighted by atomic mass is 9.89. The predicted molar refractivity (Wildman–Crippen MR) is 174 cm³/mol. The van der Waals surface area contributed by atoms with E-state index >= 15 is 0 Å². The van der Waals surface area contributed by atoms with Gasteiger partial charge in [0.05, 0.1) is 11.3 Å². The number of sulfonamides is 1. The molecule has 2 aromatic carbocycles. The molecule has 1 amide bonds. The van der Waals surface area contributed by atoms with Gasteiger partial charge in [-0.2, -0.15) is 4.31 Å². The molecule has 0 unspecified atom stereocenters. The van der Waals surface area contributed by atoms with Crippen LogP contribution in [0.5, 0.6) is 0 Å². The van der Waals surface area contributed by atoms with Crippen LogP contribution in [0, 0.1) is 11.7 Å². The van der Waals surface area contributed by atoms with Crippen LogP contribution in [0.25, 0.3) is 22.3 Å². The second-order valence-corrected chi connectivity index (χ2v) is 13.9. The zero-order chi connectivity index (χ0) is 31.5. The van der Waals surface area contributed by atoms with Crippen LogP contribution in [-0.2, 0) is 10.0 Å². The van der Waals surface area contributed by atoms with E-state index in [1.165, 1.54) is 34.6 Å². The number of aliphatic imine (C=N–C) groups is 1. The lowest BCUT2D eigenvalue weighted by Crippen LogP contribution is -2.40. The first kappa shape index (κ1) is 32.6. The van der Waals surface area contributed by atoms with Crippen LogP contribution in [0.15, 0.2) is 56.4 Å². The van der Waals surface area contributed by atoms with Gasteiger partial charge in [-0.25, -0.2) is 12.8 Å². The van der Waals surface area contributed by atoms with Gasteiger partial charge in [0, 0.05) is 68.9 Å². The van der Waals surface area contributed by atoms with Crippen LogP contribution in [-0.4, -0.2) is 64.8 Å². The number of rotatable bonds is 10. The fourth-order valence-corrected chi connectivity index (χ4v) is 7.27. The number of nitrogens with one attached hydrogen (secondary N) is 1. The monoisotopic (exact) mass is 629 g/mol. The van der Waals surface area contributed by atoms with Gasteiger partial charge >= 0.3 is 0 Å². The molecule has 0 spiro atoms. The quantitative estimate of drug-likeness (QED) is 0.217. The van der Waals surface area contributed by atoms with Gasteiger partial charge in [-0.1, -0.05) is 25.8 Å². The van der Waals surface area contributed by atoms with Crippen molar-refractivity contribution < 1.29 is 22.0 Å². The number of nitrogens with zero attached hydrogens (tertiary/aromatic N) is 3. The minimum atomic E-state index is -3.90. The number of allylic oxidation sites excluding steroid dienone is 2. The second kappa shape index (κ2) is 13.5. The fourth-order valence-electron chi connectivity index (χ4n) is 5.27. The third kappa shape index (κ3) is 6.91. The van der Waals surface area contributed by atoms with E-state index in [2.05, 4.69) is 10.3 Å². The third-order valence-electron chi connectivity index (χ3n) is 7.52. The first-order valence-electron chi connectivity index (χ1n) is 14.2. The van der Waals surface area contributed by atoms with E-state index in [4.69, 9.17) is 10.2 Å². The molecule has 0 bridgehead atoms. The Balaban J connectivity index is 1.82. The molecule has 232 valence electrons. The summed E-state index contributed by atoms with van der Waals surface area (Å²) in [6.45, 7) is 6.71. The van der Waals surface area contributed by atoms with Crippen LogP contribution in [0.4, 0.5) is 10.1 Å². The number of amides is 1. The highest BCUT2D eigenvalue weighted by molar-refractivity contribution is 7.99. The zero-order valence-corrected chi connectivity index (χ0v) is 27.1. The number of hydrogen-bond acceptors (Lipinski definition) is 8. The van der Waals surface area contributed by atoms with Gasteiger partial charge in [-0.3, -0.25) is 9.79 Å². The van der Waals surface area contributed by atoms with Crippen LogP contribution < -0.4 is 15.4 Å². The summed E-state index contributed by atoms with van der Waals surface area (Å²) in [5.74, 6) is -0.266. The summed E-state index contributed by atoms with van der Waals surface area (Å²) in [7, 11) is -0.420. The Kier molecular flexibility index (Phi) is 10.2. The number of anilines is 1. The predicted octanol–water partition coefficient (Wildman–Crippen LogP) is 5.74. The van der Waals surface area contributed by atoms with Crippen molar-refractivity contribution in [3.05, 3.63) is 63.9 Å². The third-order valence-corrected chi connectivity index (χ3v) is 10.3. The van der Waals surface area contributed by atoms with Gasteiger partial charge in [-0.05, 0) is 67.5 Å². The molecule has 1 aliphatic rings. The lowest BCUT2D eigenvalue weighted by molar-refractivity contribution is 0.0964. The van der Waals surface area contributed by atoms with Gasteiger partial charge in [0.15, 0.2) is 0 Å². The summed E-state index contributed by atoms with van der Waals surface area (Å²) in [5.41, 5.74) is 9.43. The highest BCUT2D eigenvalue weighted by atomic mass is 32.2. The maximum absolute atomic E-state index is 13.8. The molecule has 1 fully saturated rings. The Morgan fingerprint density at radius 2 is 2.00 bits per heavy atom. The van der Waals surface area contributed by atoms with Crippen molar-refractivity contribution in [2.24, 2.45) is 16.6 Å². The Morgan fingerprint density at radius 3 is 2.60 bits per heavy atom. The Morgan fingerprint density at radius 1 is 1.30 bits per heavy atom. The van der Waals surface area contributed by atoms with Crippen LogP contribution in [0.2, 0.25) is 0 Å². The minimum Gasteiger partial charge on any atom is -0.455 e. The van der Waals surface area contributed by atoms with Crippen molar-refractivity contribution in [3.63, 3.8) is 0 Å². The lowest BCUT2D eigenvalue weighted by Gasteiger charge is -2.34. The number of benzene rings is 2. The van der Waals surface area contributed by atoms with Crippen LogP contribution >= 0.6 is 11.9 Å². The standard InChI is InChI=1S/C31H40FN5O4S2/c1-19(2)16-35-17-28(20(3)33)43(39,40)37-13-7-8-22(18-37)24-14-25-27(15-26(24)36(5)42-6)41-30(29(25)31(38)34-4)21-9-11-23(32)12-10-21/h9-12,14-15,17,19,22H,7-8,13,16,18,33H2,1-6H3,(H,34,38)/t22-/m0/s1. The molecule has 1 atom stereocenters. The Hall–Kier alpha value is -3.35. The SMILES string of the molecule is CNC(=O)c1c(-c2ccc(F)cc2)oc2cc(N(C)SC)c([C@H]3CCCN(S(=O)(=O)C(C=NCC(C)C)=C(C)N)C3)cc12. The van der Waals surface area contributed by atoms with E-state index in [1.807, 2.05) is 43.6 Å². The van der Waals surface area contributed by atoms with Crippen molar-refractivity contribution in [2.45, 2.75) is 39.5 Å². The maximum atomic E-state index is 13.8. The molecule has 0 aliphatic carbocycles. The summed E-state index contributed by atoms with van der Waals surface area (Å²) in [5, 5.41) is 3.30. The van der Waals surface area contributed by atoms with Crippen LogP contribution in [0.1, 0.15) is 55.5 Å². The van der Waals surface area contributed by atoms with Crippen LogP contribution in [0.3, 0.4) is 0 Å². The van der Waals surface area contributed by atoms with E-state index in [0.29, 0.717) is 47.4 Å². The first-order chi connectivity index (χ1) is 20.4. The number of hydrogen-bond donors (Lipinski definition) is 2. The Labute approximate surface area is 257 Å². The number of fused-ring (bicyclic) bond motifs is 1. The molecular formula is C31H40FN5O4S2. The van der Waals surface area contributed by atoms with Crippen molar-refractivity contribution in [2.75, 3.05) is 44.3 Å². The molecule has 0 radical (unpaired) electrons. The number of piperidine rings is 1. The highest BCUT2D eigenvalue weighted by Gasteiger charge is 2.35. The minimum absolute atomic E-state index is 0.0198. The number of carbonyl (C=O) groups excluding carboxylic acids is 1.